The average Bonchev–Trinajstić information content (AvgIpc) is 2.56. The number of aliphatic carboxylic acids is 1. The summed E-state index contributed by atoms with van der Waals surface area (Å²) in [5.74, 6) is -6.58. The fourth-order valence-electron chi connectivity index (χ4n) is 2.46. The van der Waals surface area contributed by atoms with Crippen LogP contribution in [-0.4, -0.2) is 17.0 Å². The monoisotopic (exact) mass is 351 g/mol. The minimum atomic E-state index is -1.19. The van der Waals surface area contributed by atoms with Crippen LogP contribution in [0.5, 0.6) is 0 Å². The van der Waals surface area contributed by atoms with E-state index in [1.54, 1.807) is 0 Å². The van der Waals surface area contributed by atoms with E-state index in [2.05, 4.69) is 5.32 Å². The number of hydrogen-bond acceptors (Lipinski definition) is 2. The first-order valence-electron chi connectivity index (χ1n) is 7.51. The van der Waals surface area contributed by atoms with E-state index < -0.39 is 41.2 Å². The molecule has 0 aliphatic carbocycles. The number of carboxylic acids is 1. The topological polar surface area (TPSA) is 66.4 Å². The molecule has 0 aliphatic heterocycles. The fourth-order valence-corrected chi connectivity index (χ4v) is 2.46. The molecule has 0 bridgehead atoms. The SMILES string of the molecule is CC(C(=O)O)C(CC(=O)Nc1ccccc1F)c1ccc(F)c(F)c1. The van der Waals surface area contributed by atoms with Crippen molar-refractivity contribution in [2.24, 2.45) is 5.92 Å². The Balaban J connectivity index is 2.24. The third kappa shape index (κ3) is 4.59. The van der Waals surface area contributed by atoms with E-state index in [1.807, 2.05) is 0 Å². The van der Waals surface area contributed by atoms with Gasteiger partial charge in [-0.3, -0.25) is 9.59 Å². The van der Waals surface area contributed by atoms with Crippen LogP contribution >= 0.6 is 0 Å². The largest absolute Gasteiger partial charge is 0.481 e. The summed E-state index contributed by atoms with van der Waals surface area (Å²) in [4.78, 5) is 23.5. The highest BCUT2D eigenvalue weighted by atomic mass is 19.2. The molecule has 1 amide bonds. The minimum Gasteiger partial charge on any atom is -0.481 e. The molecule has 2 aromatic carbocycles. The second-order valence-corrected chi connectivity index (χ2v) is 5.64. The molecule has 0 fully saturated rings. The van der Waals surface area contributed by atoms with E-state index in [1.165, 1.54) is 37.3 Å². The lowest BCUT2D eigenvalue weighted by Crippen LogP contribution is -2.24. The summed E-state index contributed by atoms with van der Waals surface area (Å²) in [7, 11) is 0. The number of halogens is 3. The number of para-hydroxylation sites is 1. The molecule has 0 aliphatic rings. The van der Waals surface area contributed by atoms with Crippen molar-refractivity contribution in [3.63, 3.8) is 0 Å². The van der Waals surface area contributed by atoms with E-state index >= 15 is 0 Å². The Morgan fingerprint density at radius 3 is 2.32 bits per heavy atom. The summed E-state index contributed by atoms with van der Waals surface area (Å²) in [6, 6.07) is 8.51. The van der Waals surface area contributed by atoms with Crippen molar-refractivity contribution in [1.82, 2.24) is 0 Å². The van der Waals surface area contributed by atoms with Crippen molar-refractivity contribution >= 4 is 17.6 Å². The number of hydrogen-bond donors (Lipinski definition) is 2. The number of amides is 1. The molecule has 2 rings (SSSR count). The van der Waals surface area contributed by atoms with Crippen molar-refractivity contribution in [1.29, 1.82) is 0 Å². The Morgan fingerprint density at radius 1 is 1.04 bits per heavy atom. The predicted molar refractivity (Wildman–Crippen MR) is 85.5 cm³/mol. The van der Waals surface area contributed by atoms with Crippen LogP contribution in [0.2, 0.25) is 0 Å². The lowest BCUT2D eigenvalue weighted by atomic mass is 9.84. The molecule has 25 heavy (non-hydrogen) atoms. The Labute approximate surface area is 142 Å². The van der Waals surface area contributed by atoms with Gasteiger partial charge in [-0.15, -0.1) is 0 Å². The quantitative estimate of drug-likeness (QED) is 0.828. The van der Waals surface area contributed by atoms with Crippen molar-refractivity contribution < 1.29 is 27.9 Å². The maximum atomic E-state index is 13.6. The summed E-state index contributed by atoms with van der Waals surface area (Å²) in [5, 5.41) is 11.6. The zero-order chi connectivity index (χ0) is 18.6. The zero-order valence-corrected chi connectivity index (χ0v) is 13.3. The molecule has 0 radical (unpaired) electrons. The van der Waals surface area contributed by atoms with Gasteiger partial charge in [0.2, 0.25) is 5.91 Å². The van der Waals surface area contributed by atoms with Gasteiger partial charge in [-0.05, 0) is 29.8 Å². The van der Waals surface area contributed by atoms with Gasteiger partial charge in [0, 0.05) is 12.3 Å². The van der Waals surface area contributed by atoms with Gasteiger partial charge in [-0.1, -0.05) is 25.1 Å². The van der Waals surface area contributed by atoms with E-state index in [0.29, 0.717) is 0 Å². The molecule has 0 spiro atoms. The molecule has 132 valence electrons. The molecule has 0 aromatic heterocycles. The minimum absolute atomic E-state index is 0.0421. The number of rotatable bonds is 6. The molecule has 2 N–H and O–H groups in total. The van der Waals surface area contributed by atoms with E-state index in [4.69, 9.17) is 0 Å². The summed E-state index contributed by atoms with van der Waals surface area (Å²) in [6.45, 7) is 1.37. The lowest BCUT2D eigenvalue weighted by Gasteiger charge is -2.21. The molecule has 0 saturated carbocycles. The number of carbonyl (C=O) groups is 2. The molecule has 2 aromatic rings. The van der Waals surface area contributed by atoms with Gasteiger partial charge in [0.05, 0.1) is 11.6 Å². The van der Waals surface area contributed by atoms with Crippen LogP contribution in [0.25, 0.3) is 0 Å². The van der Waals surface area contributed by atoms with Crippen LogP contribution in [0.1, 0.15) is 24.8 Å². The van der Waals surface area contributed by atoms with Gasteiger partial charge >= 0.3 is 5.97 Å². The summed E-state index contributed by atoms with van der Waals surface area (Å²) in [5.41, 5.74) is 0.136. The second kappa shape index (κ2) is 7.83. The van der Waals surface area contributed by atoms with Gasteiger partial charge in [0.15, 0.2) is 11.6 Å². The third-order valence-corrected chi connectivity index (χ3v) is 3.92. The standard InChI is InChI=1S/C18H16F3NO3/c1-10(18(24)25)12(11-6-7-13(19)15(21)8-11)9-17(23)22-16-5-3-2-4-14(16)20/h2-8,10,12H,9H2,1H3,(H,22,23)(H,24,25). The van der Waals surface area contributed by atoms with Crippen LogP contribution in [0.4, 0.5) is 18.9 Å². The third-order valence-electron chi connectivity index (χ3n) is 3.92. The molecule has 2 unspecified atom stereocenters. The molecule has 4 nitrogen and oxygen atoms in total. The average molecular weight is 351 g/mol. The second-order valence-electron chi connectivity index (χ2n) is 5.64. The molecule has 7 heteroatoms. The van der Waals surface area contributed by atoms with Crippen LogP contribution in [0.3, 0.4) is 0 Å². The van der Waals surface area contributed by atoms with E-state index in [-0.39, 0.29) is 17.7 Å². The van der Waals surface area contributed by atoms with E-state index in [9.17, 15) is 27.9 Å². The molecular formula is C18H16F3NO3. The van der Waals surface area contributed by atoms with Gasteiger partial charge in [0.25, 0.3) is 0 Å². The highest BCUT2D eigenvalue weighted by Gasteiger charge is 2.28. The molecule has 0 heterocycles. The van der Waals surface area contributed by atoms with Gasteiger partial charge < -0.3 is 10.4 Å². The van der Waals surface area contributed by atoms with Crippen molar-refractivity contribution in [2.45, 2.75) is 19.3 Å². The van der Waals surface area contributed by atoms with Gasteiger partial charge in [0.1, 0.15) is 5.82 Å². The zero-order valence-electron chi connectivity index (χ0n) is 13.3. The Morgan fingerprint density at radius 2 is 1.72 bits per heavy atom. The van der Waals surface area contributed by atoms with Crippen LogP contribution < -0.4 is 5.32 Å². The smallest absolute Gasteiger partial charge is 0.306 e. The predicted octanol–water partition coefficient (Wildman–Crippen LogP) is 3.94. The summed E-state index contributed by atoms with van der Waals surface area (Å²) in [6.07, 6.45) is -0.327. The van der Waals surface area contributed by atoms with Crippen molar-refractivity contribution in [3.8, 4) is 0 Å². The first-order chi connectivity index (χ1) is 11.8. The number of carboxylic acid groups (broad SMARTS) is 1. The summed E-state index contributed by atoms with van der Waals surface area (Å²) >= 11 is 0. The first kappa shape index (κ1) is 18.5. The number of anilines is 1. The van der Waals surface area contributed by atoms with Gasteiger partial charge in [-0.2, -0.15) is 0 Å². The lowest BCUT2D eigenvalue weighted by molar-refractivity contribution is -0.142. The fraction of sp³-hybridized carbons (Fsp3) is 0.222. The molecule has 2 atom stereocenters. The Bertz CT molecular complexity index is 795. The maximum Gasteiger partial charge on any atom is 0.306 e. The Kier molecular flexibility index (Phi) is 5.80. The summed E-state index contributed by atoms with van der Waals surface area (Å²) < 4.78 is 40.2. The maximum absolute atomic E-state index is 13.6. The highest BCUT2D eigenvalue weighted by Crippen LogP contribution is 2.30. The van der Waals surface area contributed by atoms with Crippen LogP contribution in [0, 0.1) is 23.4 Å². The Hall–Kier alpha value is -2.83. The molecule has 0 saturated heterocycles. The normalized spacial score (nSPS) is 13.1. The van der Waals surface area contributed by atoms with Crippen molar-refractivity contribution in [3.05, 3.63) is 65.5 Å². The number of nitrogens with one attached hydrogen (secondary N) is 1. The van der Waals surface area contributed by atoms with Gasteiger partial charge in [-0.25, -0.2) is 13.2 Å². The van der Waals surface area contributed by atoms with E-state index in [0.717, 1.165) is 12.1 Å². The van der Waals surface area contributed by atoms with Crippen molar-refractivity contribution in [2.75, 3.05) is 5.32 Å². The molecular weight excluding hydrogens is 335 g/mol. The van der Waals surface area contributed by atoms with Crippen LogP contribution in [-0.2, 0) is 9.59 Å². The first-order valence-corrected chi connectivity index (χ1v) is 7.51. The number of carbonyl (C=O) groups excluding carboxylic acids is 1. The number of benzene rings is 2. The highest BCUT2D eigenvalue weighted by molar-refractivity contribution is 5.91. The van der Waals surface area contributed by atoms with Crippen LogP contribution in [0.15, 0.2) is 42.5 Å².